The Morgan fingerprint density at radius 3 is 2.71 bits per heavy atom. The third-order valence-electron chi connectivity index (χ3n) is 3.57. The molecular weight excluding hydrogens is 306 g/mol. The lowest BCUT2D eigenvalue weighted by Gasteiger charge is -2.09. The molecule has 1 aromatic carbocycles. The van der Waals surface area contributed by atoms with Gasteiger partial charge in [0.25, 0.3) is 0 Å². The highest BCUT2D eigenvalue weighted by molar-refractivity contribution is 5.75. The minimum Gasteiger partial charge on any atom is -0.493 e. The Hall–Kier alpha value is -2.44. The first kappa shape index (κ1) is 17.9. The van der Waals surface area contributed by atoms with Crippen molar-refractivity contribution in [3.8, 4) is 5.75 Å². The van der Waals surface area contributed by atoms with E-state index in [1.807, 2.05) is 26.0 Å². The number of carbonyl (C=O) groups excluding carboxylic acids is 1. The highest BCUT2D eigenvalue weighted by Gasteiger charge is 2.08. The van der Waals surface area contributed by atoms with Gasteiger partial charge in [0.05, 0.1) is 19.6 Å². The molecule has 1 heterocycles. The Kier molecular flexibility index (Phi) is 6.72. The molecule has 130 valence electrons. The molecule has 0 aliphatic heterocycles. The van der Waals surface area contributed by atoms with Gasteiger partial charge in [-0.1, -0.05) is 19.4 Å². The van der Waals surface area contributed by atoms with Gasteiger partial charge >= 0.3 is 0 Å². The van der Waals surface area contributed by atoms with Gasteiger partial charge in [-0.15, -0.1) is 5.10 Å². The quantitative estimate of drug-likeness (QED) is 0.761. The predicted molar refractivity (Wildman–Crippen MR) is 90.6 cm³/mol. The van der Waals surface area contributed by atoms with E-state index in [1.165, 1.54) is 0 Å². The molecule has 2 rings (SSSR count). The molecule has 0 fully saturated rings. The number of benzene rings is 1. The Morgan fingerprint density at radius 1 is 1.25 bits per heavy atom. The number of ether oxygens (including phenoxy) is 1. The van der Waals surface area contributed by atoms with Crippen molar-refractivity contribution in [1.82, 2.24) is 25.5 Å². The summed E-state index contributed by atoms with van der Waals surface area (Å²) in [6.45, 7) is 7.60. The van der Waals surface area contributed by atoms with Gasteiger partial charge in [-0.25, -0.2) is 4.68 Å². The van der Waals surface area contributed by atoms with Gasteiger partial charge in [-0.05, 0) is 54.0 Å². The van der Waals surface area contributed by atoms with Crippen LogP contribution in [0.3, 0.4) is 0 Å². The molecule has 0 bridgehead atoms. The largest absolute Gasteiger partial charge is 0.493 e. The first-order valence-corrected chi connectivity index (χ1v) is 8.31. The van der Waals surface area contributed by atoms with Crippen LogP contribution in [0.5, 0.6) is 5.75 Å². The number of aryl methyl sites for hydroxylation is 3. The zero-order valence-corrected chi connectivity index (χ0v) is 14.6. The number of tetrazole rings is 1. The molecule has 0 unspecified atom stereocenters. The fourth-order valence-corrected chi connectivity index (χ4v) is 2.38. The Labute approximate surface area is 142 Å². The van der Waals surface area contributed by atoms with Crippen LogP contribution in [0.15, 0.2) is 18.2 Å². The number of hydrogen-bond acceptors (Lipinski definition) is 5. The number of amides is 1. The molecule has 24 heavy (non-hydrogen) atoms. The normalized spacial score (nSPS) is 10.6. The molecule has 1 N–H and O–H groups in total. The highest BCUT2D eigenvalue weighted by atomic mass is 16.5. The number of hydrogen-bond donors (Lipinski definition) is 1. The smallest absolute Gasteiger partial charge is 0.223 e. The summed E-state index contributed by atoms with van der Waals surface area (Å²) in [4.78, 5) is 11.9. The van der Waals surface area contributed by atoms with Gasteiger partial charge < -0.3 is 10.1 Å². The second-order valence-corrected chi connectivity index (χ2v) is 5.87. The molecule has 1 amide bonds. The first-order chi connectivity index (χ1) is 11.6. The van der Waals surface area contributed by atoms with Gasteiger partial charge in [0.15, 0.2) is 5.82 Å². The zero-order valence-electron chi connectivity index (χ0n) is 14.6. The van der Waals surface area contributed by atoms with Crippen LogP contribution in [0.4, 0.5) is 0 Å². The summed E-state index contributed by atoms with van der Waals surface area (Å²) in [5.41, 5.74) is 2.29. The maximum absolute atomic E-state index is 11.9. The van der Waals surface area contributed by atoms with E-state index in [4.69, 9.17) is 4.74 Å². The molecule has 7 heteroatoms. The van der Waals surface area contributed by atoms with E-state index in [-0.39, 0.29) is 5.91 Å². The fourth-order valence-electron chi connectivity index (χ4n) is 2.38. The van der Waals surface area contributed by atoms with Crippen molar-refractivity contribution < 1.29 is 9.53 Å². The standard InChI is InChI=1S/C17H25N5O2/c1-4-5-7-22-16(19-20-21-22)12-18-17(23)6-8-24-15-10-13(2)9-14(3)11-15/h9-11H,4-8,12H2,1-3H3,(H,18,23). The second kappa shape index (κ2) is 9.00. The number of unbranched alkanes of at least 4 members (excludes halogenated alkanes) is 1. The van der Waals surface area contributed by atoms with Crippen molar-refractivity contribution >= 4 is 5.91 Å². The third kappa shape index (κ3) is 5.64. The van der Waals surface area contributed by atoms with Crippen molar-refractivity contribution in [2.24, 2.45) is 0 Å². The van der Waals surface area contributed by atoms with Crippen LogP contribution in [0.25, 0.3) is 0 Å². The van der Waals surface area contributed by atoms with Crippen molar-refractivity contribution in [2.75, 3.05) is 6.61 Å². The minimum atomic E-state index is -0.0792. The average molecular weight is 331 g/mol. The van der Waals surface area contributed by atoms with Crippen molar-refractivity contribution in [2.45, 2.75) is 53.1 Å². The molecule has 0 aliphatic carbocycles. The third-order valence-corrected chi connectivity index (χ3v) is 3.57. The molecule has 0 atom stereocenters. The molecule has 0 spiro atoms. The molecule has 7 nitrogen and oxygen atoms in total. The average Bonchev–Trinajstić information content (AvgIpc) is 2.97. The molecule has 0 saturated heterocycles. The van der Waals surface area contributed by atoms with Crippen LogP contribution in [-0.4, -0.2) is 32.7 Å². The van der Waals surface area contributed by atoms with Crippen LogP contribution >= 0.6 is 0 Å². The number of carbonyl (C=O) groups is 1. The number of nitrogens with one attached hydrogen (secondary N) is 1. The van der Waals surface area contributed by atoms with Crippen LogP contribution in [0.1, 0.15) is 43.1 Å². The lowest BCUT2D eigenvalue weighted by atomic mass is 10.1. The first-order valence-electron chi connectivity index (χ1n) is 8.31. The van der Waals surface area contributed by atoms with E-state index in [0.29, 0.717) is 25.4 Å². The van der Waals surface area contributed by atoms with E-state index in [9.17, 15) is 4.79 Å². The Balaban J connectivity index is 1.73. The number of rotatable bonds is 9. The Morgan fingerprint density at radius 2 is 2.00 bits per heavy atom. The molecule has 2 aromatic rings. The minimum absolute atomic E-state index is 0.0792. The second-order valence-electron chi connectivity index (χ2n) is 5.87. The molecule has 0 saturated carbocycles. The summed E-state index contributed by atoms with van der Waals surface area (Å²) < 4.78 is 7.38. The topological polar surface area (TPSA) is 81.9 Å². The monoisotopic (exact) mass is 331 g/mol. The SMILES string of the molecule is CCCCn1nnnc1CNC(=O)CCOc1cc(C)cc(C)c1. The van der Waals surface area contributed by atoms with E-state index in [1.54, 1.807) is 4.68 Å². The van der Waals surface area contributed by atoms with Crippen LogP contribution < -0.4 is 10.1 Å². The van der Waals surface area contributed by atoms with E-state index in [0.717, 1.165) is 36.3 Å². The summed E-state index contributed by atoms with van der Waals surface area (Å²) in [7, 11) is 0. The van der Waals surface area contributed by atoms with E-state index >= 15 is 0 Å². The highest BCUT2D eigenvalue weighted by Crippen LogP contribution is 2.16. The number of aromatic nitrogens is 4. The van der Waals surface area contributed by atoms with E-state index < -0.39 is 0 Å². The molecule has 1 aromatic heterocycles. The predicted octanol–water partition coefficient (Wildman–Crippen LogP) is 2.18. The van der Waals surface area contributed by atoms with Gasteiger partial charge in [0.1, 0.15) is 5.75 Å². The summed E-state index contributed by atoms with van der Waals surface area (Å²) in [6.07, 6.45) is 2.38. The fraction of sp³-hybridized carbons (Fsp3) is 0.529. The molecule has 0 aliphatic rings. The van der Waals surface area contributed by atoms with Crippen molar-refractivity contribution in [3.63, 3.8) is 0 Å². The Bertz CT molecular complexity index is 649. The van der Waals surface area contributed by atoms with Crippen molar-refractivity contribution in [1.29, 1.82) is 0 Å². The lowest BCUT2D eigenvalue weighted by Crippen LogP contribution is -2.26. The van der Waals surface area contributed by atoms with Gasteiger partial charge in [-0.2, -0.15) is 0 Å². The molecular formula is C17H25N5O2. The maximum atomic E-state index is 11.9. The van der Waals surface area contributed by atoms with Gasteiger partial charge in [0, 0.05) is 6.54 Å². The summed E-state index contributed by atoms with van der Waals surface area (Å²) in [5, 5.41) is 14.4. The van der Waals surface area contributed by atoms with E-state index in [2.05, 4.69) is 33.8 Å². The van der Waals surface area contributed by atoms with Crippen LogP contribution in [-0.2, 0) is 17.9 Å². The number of nitrogens with zero attached hydrogens (tertiary/aromatic N) is 4. The van der Waals surface area contributed by atoms with Crippen LogP contribution in [0, 0.1) is 13.8 Å². The summed E-state index contributed by atoms with van der Waals surface area (Å²) >= 11 is 0. The van der Waals surface area contributed by atoms with Gasteiger partial charge in [0.2, 0.25) is 5.91 Å². The summed E-state index contributed by atoms with van der Waals surface area (Å²) in [5.74, 6) is 1.39. The van der Waals surface area contributed by atoms with Crippen LogP contribution in [0.2, 0.25) is 0 Å². The molecule has 0 radical (unpaired) electrons. The van der Waals surface area contributed by atoms with Gasteiger partial charge in [-0.3, -0.25) is 4.79 Å². The van der Waals surface area contributed by atoms with Crippen molar-refractivity contribution in [3.05, 3.63) is 35.2 Å². The maximum Gasteiger partial charge on any atom is 0.223 e. The lowest BCUT2D eigenvalue weighted by molar-refractivity contribution is -0.121. The zero-order chi connectivity index (χ0) is 17.4. The summed E-state index contributed by atoms with van der Waals surface area (Å²) in [6, 6.07) is 6.02.